The lowest BCUT2D eigenvalue weighted by atomic mass is 10.0. The Morgan fingerprint density at radius 2 is 2.05 bits per heavy atom. The van der Waals surface area contributed by atoms with Gasteiger partial charge in [-0.05, 0) is 37.0 Å². The van der Waals surface area contributed by atoms with Crippen molar-refractivity contribution in [1.29, 1.82) is 0 Å². The van der Waals surface area contributed by atoms with Crippen molar-refractivity contribution in [3.8, 4) is 0 Å². The Morgan fingerprint density at radius 3 is 2.67 bits per heavy atom. The van der Waals surface area contributed by atoms with Gasteiger partial charge in [0.25, 0.3) is 0 Å². The molecule has 1 atom stereocenters. The Kier molecular flexibility index (Phi) is 4.67. The van der Waals surface area contributed by atoms with Crippen molar-refractivity contribution in [3.63, 3.8) is 0 Å². The molecule has 6 heteroatoms. The maximum Gasteiger partial charge on any atom is 0.416 e. The number of alkyl halides is 3. The van der Waals surface area contributed by atoms with Gasteiger partial charge in [-0.2, -0.15) is 18.3 Å². The van der Waals surface area contributed by atoms with Crippen molar-refractivity contribution in [3.05, 3.63) is 53.3 Å². The number of hydrogen-bond donors (Lipinski definition) is 1. The van der Waals surface area contributed by atoms with E-state index in [1.807, 2.05) is 13.1 Å². The summed E-state index contributed by atoms with van der Waals surface area (Å²) in [5, 5.41) is 14.0. The van der Waals surface area contributed by atoms with E-state index in [-0.39, 0.29) is 6.42 Å². The molecule has 2 rings (SSSR count). The number of aromatic nitrogens is 2. The maximum absolute atomic E-state index is 12.6. The zero-order valence-corrected chi connectivity index (χ0v) is 11.6. The highest BCUT2D eigenvalue weighted by Crippen LogP contribution is 2.29. The Balaban J connectivity index is 1.93. The number of hydrogen-bond acceptors (Lipinski definition) is 2. The molecule has 0 spiro atoms. The van der Waals surface area contributed by atoms with Crippen molar-refractivity contribution < 1.29 is 18.3 Å². The minimum Gasteiger partial charge on any atom is -0.393 e. The van der Waals surface area contributed by atoms with Gasteiger partial charge in [-0.3, -0.25) is 4.68 Å². The second-order valence-electron chi connectivity index (χ2n) is 5.04. The number of benzene rings is 1. The number of aliphatic hydroxyl groups is 1. The summed E-state index contributed by atoms with van der Waals surface area (Å²) in [6, 6.07) is 6.95. The van der Waals surface area contributed by atoms with E-state index < -0.39 is 17.8 Å². The molecule has 0 radical (unpaired) electrons. The van der Waals surface area contributed by atoms with E-state index in [4.69, 9.17) is 0 Å². The van der Waals surface area contributed by atoms with E-state index in [1.54, 1.807) is 16.9 Å². The smallest absolute Gasteiger partial charge is 0.393 e. The molecule has 1 aromatic carbocycles. The van der Waals surface area contributed by atoms with Crippen LogP contribution in [0.15, 0.2) is 36.5 Å². The van der Waals surface area contributed by atoms with Crippen LogP contribution in [0.2, 0.25) is 0 Å². The van der Waals surface area contributed by atoms with Crippen LogP contribution in [0.4, 0.5) is 13.2 Å². The van der Waals surface area contributed by atoms with Gasteiger partial charge in [-0.15, -0.1) is 0 Å². The summed E-state index contributed by atoms with van der Waals surface area (Å²) < 4.78 is 39.6. The van der Waals surface area contributed by atoms with Crippen LogP contribution in [0.1, 0.15) is 23.2 Å². The third-order valence-electron chi connectivity index (χ3n) is 3.38. The van der Waals surface area contributed by atoms with E-state index in [0.717, 1.165) is 17.8 Å². The molecule has 0 aliphatic carbocycles. The van der Waals surface area contributed by atoms with E-state index in [0.29, 0.717) is 18.4 Å². The van der Waals surface area contributed by atoms with Crippen LogP contribution in [0.3, 0.4) is 0 Å². The third kappa shape index (κ3) is 4.32. The molecular formula is C15H17F3N2O. The number of rotatable bonds is 5. The monoisotopic (exact) mass is 298 g/mol. The summed E-state index contributed by atoms with van der Waals surface area (Å²) in [7, 11) is 1.81. The van der Waals surface area contributed by atoms with Crippen molar-refractivity contribution >= 4 is 0 Å². The fourth-order valence-electron chi connectivity index (χ4n) is 2.21. The first kappa shape index (κ1) is 15.6. The molecule has 3 nitrogen and oxygen atoms in total. The predicted molar refractivity (Wildman–Crippen MR) is 72.7 cm³/mol. The molecule has 2 aromatic rings. The first-order valence-corrected chi connectivity index (χ1v) is 6.67. The summed E-state index contributed by atoms with van der Waals surface area (Å²) in [6.45, 7) is 0. The van der Waals surface area contributed by atoms with Crippen molar-refractivity contribution in [2.75, 3.05) is 0 Å². The van der Waals surface area contributed by atoms with Crippen molar-refractivity contribution in [2.24, 2.45) is 7.05 Å². The standard InChI is InChI=1S/C15H17F3N2O/c1-20-13(7-8-19-20)5-6-14(21)10-11-3-2-4-12(9-11)15(16,17)18/h2-4,7-9,14,21H,5-6,10H2,1H3. The quantitative estimate of drug-likeness (QED) is 0.921. The molecule has 1 aromatic heterocycles. The van der Waals surface area contributed by atoms with E-state index in [9.17, 15) is 18.3 Å². The molecule has 1 heterocycles. The summed E-state index contributed by atoms with van der Waals surface area (Å²) in [4.78, 5) is 0. The lowest BCUT2D eigenvalue weighted by molar-refractivity contribution is -0.137. The van der Waals surface area contributed by atoms with Crippen LogP contribution >= 0.6 is 0 Å². The molecule has 0 saturated heterocycles. The summed E-state index contributed by atoms with van der Waals surface area (Å²) in [5.41, 5.74) is 0.791. The molecule has 21 heavy (non-hydrogen) atoms. The molecule has 0 aliphatic heterocycles. The molecule has 0 saturated carbocycles. The highest BCUT2D eigenvalue weighted by Gasteiger charge is 2.30. The van der Waals surface area contributed by atoms with Crippen LogP contribution in [0.5, 0.6) is 0 Å². The summed E-state index contributed by atoms with van der Waals surface area (Å²) in [5.74, 6) is 0. The zero-order valence-electron chi connectivity index (χ0n) is 11.6. The topological polar surface area (TPSA) is 38.0 Å². The highest BCUT2D eigenvalue weighted by molar-refractivity contribution is 5.26. The minimum atomic E-state index is -4.35. The van der Waals surface area contributed by atoms with Gasteiger partial charge in [0.1, 0.15) is 0 Å². The van der Waals surface area contributed by atoms with Crippen LogP contribution in [-0.4, -0.2) is 21.0 Å². The van der Waals surface area contributed by atoms with Gasteiger partial charge in [0.2, 0.25) is 0 Å². The number of aryl methyl sites for hydroxylation is 2. The van der Waals surface area contributed by atoms with Gasteiger partial charge in [-0.1, -0.05) is 18.2 Å². The van der Waals surface area contributed by atoms with E-state index in [1.165, 1.54) is 6.07 Å². The third-order valence-corrected chi connectivity index (χ3v) is 3.38. The van der Waals surface area contributed by atoms with Gasteiger partial charge < -0.3 is 5.11 Å². The maximum atomic E-state index is 12.6. The average molecular weight is 298 g/mol. The second kappa shape index (κ2) is 6.30. The van der Waals surface area contributed by atoms with Gasteiger partial charge >= 0.3 is 6.18 Å². The molecule has 0 fully saturated rings. The zero-order chi connectivity index (χ0) is 15.5. The lowest BCUT2D eigenvalue weighted by Crippen LogP contribution is -2.14. The predicted octanol–water partition coefficient (Wildman–Crippen LogP) is 2.98. The summed E-state index contributed by atoms with van der Waals surface area (Å²) in [6.07, 6.45) is -2.03. The fourth-order valence-corrected chi connectivity index (χ4v) is 2.21. The first-order chi connectivity index (χ1) is 9.86. The molecule has 0 amide bonds. The minimum absolute atomic E-state index is 0.210. The highest BCUT2D eigenvalue weighted by atomic mass is 19.4. The van der Waals surface area contributed by atoms with Crippen LogP contribution < -0.4 is 0 Å². The number of halogens is 3. The van der Waals surface area contributed by atoms with E-state index in [2.05, 4.69) is 5.10 Å². The Bertz CT molecular complexity index is 593. The molecular weight excluding hydrogens is 281 g/mol. The SMILES string of the molecule is Cn1nccc1CCC(O)Cc1cccc(C(F)(F)F)c1. The molecule has 1 N–H and O–H groups in total. The van der Waals surface area contributed by atoms with Crippen LogP contribution in [-0.2, 0) is 26.1 Å². The lowest BCUT2D eigenvalue weighted by Gasteiger charge is -2.13. The molecule has 1 unspecified atom stereocenters. The van der Waals surface area contributed by atoms with Gasteiger partial charge in [0, 0.05) is 18.9 Å². The normalized spacial score (nSPS) is 13.4. The van der Waals surface area contributed by atoms with Gasteiger partial charge in [0.05, 0.1) is 11.7 Å². The first-order valence-electron chi connectivity index (χ1n) is 6.67. The number of aliphatic hydroxyl groups excluding tert-OH is 1. The average Bonchev–Trinajstić information content (AvgIpc) is 2.81. The summed E-state index contributed by atoms with van der Waals surface area (Å²) >= 11 is 0. The number of nitrogens with zero attached hydrogens (tertiary/aromatic N) is 2. The Hall–Kier alpha value is -1.82. The van der Waals surface area contributed by atoms with Crippen LogP contribution in [0, 0.1) is 0 Å². The molecule has 114 valence electrons. The van der Waals surface area contributed by atoms with Gasteiger partial charge in [0.15, 0.2) is 0 Å². The Morgan fingerprint density at radius 1 is 1.29 bits per heavy atom. The van der Waals surface area contributed by atoms with E-state index >= 15 is 0 Å². The Labute approximate surface area is 121 Å². The van der Waals surface area contributed by atoms with Crippen molar-refractivity contribution in [2.45, 2.75) is 31.5 Å². The van der Waals surface area contributed by atoms with Crippen molar-refractivity contribution in [1.82, 2.24) is 9.78 Å². The van der Waals surface area contributed by atoms with Gasteiger partial charge in [-0.25, -0.2) is 0 Å². The molecule has 0 bridgehead atoms. The fraction of sp³-hybridized carbons (Fsp3) is 0.400. The molecule has 0 aliphatic rings. The second-order valence-corrected chi connectivity index (χ2v) is 5.04. The largest absolute Gasteiger partial charge is 0.416 e. The van der Waals surface area contributed by atoms with Crippen LogP contribution in [0.25, 0.3) is 0 Å².